The van der Waals surface area contributed by atoms with Crippen LogP contribution in [0.25, 0.3) is 0 Å². The molecule has 0 aromatic rings. The van der Waals surface area contributed by atoms with E-state index in [0.717, 1.165) is 12.8 Å². The summed E-state index contributed by atoms with van der Waals surface area (Å²) in [6, 6.07) is -1.40. The SMILES string of the molecule is COCCNC(=O)CCNC(=O)NC(C(=O)O)C1CC1. The first-order valence-electron chi connectivity index (χ1n) is 6.57. The molecule has 8 heteroatoms. The van der Waals surface area contributed by atoms with Crippen molar-refractivity contribution in [2.24, 2.45) is 5.92 Å². The smallest absolute Gasteiger partial charge is 0.326 e. The third kappa shape index (κ3) is 6.37. The van der Waals surface area contributed by atoms with Gasteiger partial charge in [0.15, 0.2) is 0 Å². The highest BCUT2D eigenvalue weighted by molar-refractivity contribution is 5.83. The van der Waals surface area contributed by atoms with Gasteiger partial charge in [-0.3, -0.25) is 4.79 Å². The zero-order valence-electron chi connectivity index (χ0n) is 11.5. The van der Waals surface area contributed by atoms with Crippen LogP contribution >= 0.6 is 0 Å². The van der Waals surface area contributed by atoms with Crippen molar-refractivity contribution in [2.45, 2.75) is 25.3 Å². The molecule has 1 unspecified atom stereocenters. The van der Waals surface area contributed by atoms with Crippen LogP contribution in [0.15, 0.2) is 0 Å². The Morgan fingerprint density at radius 2 is 1.95 bits per heavy atom. The van der Waals surface area contributed by atoms with Crippen molar-refractivity contribution in [2.75, 3.05) is 26.8 Å². The number of amides is 3. The Bertz CT molecular complexity index is 357. The molecule has 0 bridgehead atoms. The van der Waals surface area contributed by atoms with E-state index in [1.807, 2.05) is 0 Å². The number of aliphatic carboxylic acids is 1. The first-order valence-corrected chi connectivity index (χ1v) is 6.57. The number of hydrogen-bond acceptors (Lipinski definition) is 4. The van der Waals surface area contributed by atoms with Crippen LogP contribution in [0, 0.1) is 5.92 Å². The predicted molar refractivity (Wildman–Crippen MR) is 70.2 cm³/mol. The van der Waals surface area contributed by atoms with Gasteiger partial charge in [-0.25, -0.2) is 9.59 Å². The van der Waals surface area contributed by atoms with Crippen LogP contribution in [0.3, 0.4) is 0 Å². The fourth-order valence-corrected chi connectivity index (χ4v) is 1.67. The Labute approximate surface area is 117 Å². The van der Waals surface area contributed by atoms with Crippen LogP contribution in [-0.2, 0) is 14.3 Å². The Morgan fingerprint density at radius 3 is 2.50 bits per heavy atom. The minimum Gasteiger partial charge on any atom is -0.480 e. The lowest BCUT2D eigenvalue weighted by Crippen LogP contribution is -2.47. The predicted octanol–water partition coefficient (Wildman–Crippen LogP) is -0.698. The van der Waals surface area contributed by atoms with E-state index in [-0.39, 0.29) is 24.8 Å². The number of carbonyl (C=O) groups excluding carboxylic acids is 2. The topological polar surface area (TPSA) is 117 Å². The maximum atomic E-state index is 11.5. The molecule has 0 spiro atoms. The van der Waals surface area contributed by atoms with Gasteiger partial charge in [-0.1, -0.05) is 0 Å². The molecular weight excluding hydrogens is 266 g/mol. The highest BCUT2D eigenvalue weighted by Gasteiger charge is 2.37. The molecular formula is C12H21N3O5. The maximum absolute atomic E-state index is 11.5. The third-order valence-corrected chi connectivity index (χ3v) is 2.91. The molecule has 0 saturated heterocycles. The van der Waals surface area contributed by atoms with Crippen LogP contribution in [0.2, 0.25) is 0 Å². The zero-order chi connectivity index (χ0) is 15.0. The van der Waals surface area contributed by atoms with E-state index < -0.39 is 18.0 Å². The molecule has 0 heterocycles. The van der Waals surface area contributed by atoms with Crippen LogP contribution in [0.5, 0.6) is 0 Å². The summed E-state index contributed by atoms with van der Waals surface area (Å²) in [6.07, 6.45) is 1.77. The highest BCUT2D eigenvalue weighted by Crippen LogP contribution is 2.32. The molecule has 1 saturated carbocycles. The molecule has 8 nitrogen and oxygen atoms in total. The van der Waals surface area contributed by atoms with Crippen molar-refractivity contribution in [3.63, 3.8) is 0 Å². The number of carboxylic acid groups (broad SMARTS) is 1. The number of rotatable bonds is 9. The largest absolute Gasteiger partial charge is 0.480 e. The average molecular weight is 287 g/mol. The molecule has 3 amide bonds. The minimum absolute atomic E-state index is 0.0237. The molecule has 1 aliphatic rings. The Morgan fingerprint density at radius 1 is 1.25 bits per heavy atom. The maximum Gasteiger partial charge on any atom is 0.326 e. The van der Waals surface area contributed by atoms with Crippen molar-refractivity contribution in [3.8, 4) is 0 Å². The Kier molecular flexibility index (Phi) is 6.78. The van der Waals surface area contributed by atoms with Crippen molar-refractivity contribution in [1.82, 2.24) is 16.0 Å². The number of methoxy groups -OCH3 is 1. The molecule has 1 atom stereocenters. The number of urea groups is 1. The second-order valence-electron chi connectivity index (χ2n) is 4.65. The Balaban J connectivity index is 2.13. The van der Waals surface area contributed by atoms with Gasteiger partial charge >= 0.3 is 12.0 Å². The summed E-state index contributed by atoms with van der Waals surface area (Å²) in [5.41, 5.74) is 0. The van der Waals surface area contributed by atoms with Gasteiger partial charge < -0.3 is 25.8 Å². The van der Waals surface area contributed by atoms with Crippen molar-refractivity contribution in [1.29, 1.82) is 0 Å². The fourth-order valence-electron chi connectivity index (χ4n) is 1.67. The van der Waals surface area contributed by atoms with E-state index in [1.54, 1.807) is 0 Å². The highest BCUT2D eigenvalue weighted by atomic mass is 16.5. The summed E-state index contributed by atoms with van der Waals surface area (Å²) >= 11 is 0. The summed E-state index contributed by atoms with van der Waals surface area (Å²) in [5, 5.41) is 16.4. The minimum atomic E-state index is -1.03. The number of hydrogen-bond donors (Lipinski definition) is 4. The van der Waals surface area contributed by atoms with Crippen LogP contribution in [0.1, 0.15) is 19.3 Å². The summed E-state index contributed by atoms with van der Waals surface area (Å²) < 4.78 is 4.78. The van der Waals surface area contributed by atoms with E-state index in [2.05, 4.69) is 16.0 Å². The van der Waals surface area contributed by atoms with Crippen molar-refractivity contribution >= 4 is 17.9 Å². The van der Waals surface area contributed by atoms with Gasteiger partial charge in [0.25, 0.3) is 0 Å². The van der Waals surface area contributed by atoms with Crippen LogP contribution in [-0.4, -0.2) is 55.9 Å². The zero-order valence-corrected chi connectivity index (χ0v) is 11.5. The molecule has 114 valence electrons. The van der Waals surface area contributed by atoms with E-state index in [4.69, 9.17) is 9.84 Å². The molecule has 0 aromatic heterocycles. The average Bonchev–Trinajstić information content (AvgIpc) is 3.20. The van der Waals surface area contributed by atoms with Gasteiger partial charge in [0.05, 0.1) is 6.61 Å². The van der Waals surface area contributed by atoms with Crippen LogP contribution < -0.4 is 16.0 Å². The van der Waals surface area contributed by atoms with E-state index in [9.17, 15) is 14.4 Å². The van der Waals surface area contributed by atoms with E-state index in [1.165, 1.54) is 7.11 Å². The second kappa shape index (κ2) is 8.36. The molecule has 0 aliphatic heterocycles. The first-order chi connectivity index (χ1) is 9.54. The summed E-state index contributed by atoms with van der Waals surface area (Å²) in [4.78, 5) is 33.7. The lowest BCUT2D eigenvalue weighted by Gasteiger charge is -2.14. The second-order valence-corrected chi connectivity index (χ2v) is 4.65. The molecule has 20 heavy (non-hydrogen) atoms. The quantitative estimate of drug-likeness (QED) is 0.418. The molecule has 1 fully saturated rings. The summed E-state index contributed by atoms with van der Waals surface area (Å²) in [5.74, 6) is -1.20. The summed E-state index contributed by atoms with van der Waals surface area (Å²) in [7, 11) is 1.54. The van der Waals surface area contributed by atoms with Gasteiger partial charge in [0.2, 0.25) is 5.91 Å². The van der Waals surface area contributed by atoms with Gasteiger partial charge in [-0.05, 0) is 18.8 Å². The molecule has 0 radical (unpaired) electrons. The number of ether oxygens (including phenoxy) is 1. The Hall–Kier alpha value is -1.83. The fraction of sp³-hybridized carbons (Fsp3) is 0.750. The molecule has 4 N–H and O–H groups in total. The normalized spacial score (nSPS) is 15.2. The monoisotopic (exact) mass is 287 g/mol. The molecule has 0 aromatic carbocycles. The van der Waals surface area contributed by atoms with Crippen molar-refractivity contribution < 1.29 is 24.2 Å². The van der Waals surface area contributed by atoms with E-state index >= 15 is 0 Å². The number of nitrogens with one attached hydrogen (secondary N) is 3. The summed E-state index contributed by atoms with van der Waals surface area (Å²) in [6.45, 7) is 1.01. The van der Waals surface area contributed by atoms with Gasteiger partial charge in [-0.15, -0.1) is 0 Å². The van der Waals surface area contributed by atoms with Gasteiger partial charge in [0.1, 0.15) is 6.04 Å². The number of carboxylic acids is 1. The van der Waals surface area contributed by atoms with Gasteiger partial charge in [0, 0.05) is 26.6 Å². The van der Waals surface area contributed by atoms with Crippen molar-refractivity contribution in [3.05, 3.63) is 0 Å². The lowest BCUT2D eigenvalue weighted by molar-refractivity contribution is -0.139. The van der Waals surface area contributed by atoms with E-state index in [0.29, 0.717) is 13.2 Å². The van der Waals surface area contributed by atoms with Crippen LogP contribution in [0.4, 0.5) is 4.79 Å². The molecule has 1 aliphatic carbocycles. The first kappa shape index (κ1) is 16.2. The lowest BCUT2D eigenvalue weighted by atomic mass is 10.2. The third-order valence-electron chi connectivity index (χ3n) is 2.91. The standard InChI is InChI=1S/C12H21N3O5/c1-20-7-6-13-9(16)4-5-14-12(19)15-10(11(17)18)8-2-3-8/h8,10H,2-7H2,1H3,(H,13,16)(H,17,18)(H2,14,15,19). The number of carbonyl (C=O) groups is 3. The molecule has 1 rings (SSSR count). The van der Waals surface area contributed by atoms with Gasteiger partial charge in [-0.2, -0.15) is 0 Å².